The minimum atomic E-state index is -1.33. The summed E-state index contributed by atoms with van der Waals surface area (Å²) >= 11 is 0. The Kier molecular flexibility index (Phi) is 13.5. The largest absolute Gasteiger partial charge is 0.462 e. The Morgan fingerprint density at radius 2 is 1.20 bits per heavy atom. The zero-order valence-electron chi connectivity index (χ0n) is 26.8. The number of hydrogen-bond donors (Lipinski definition) is 1. The van der Waals surface area contributed by atoms with Crippen molar-refractivity contribution in [1.29, 1.82) is 0 Å². The topological polar surface area (TPSA) is 72.8 Å². The first-order valence-electron chi connectivity index (χ1n) is 16.9. The van der Waals surface area contributed by atoms with Crippen LogP contribution in [0, 0.1) is 41.4 Å². The number of carbonyl (C=O) groups is 2. The Morgan fingerprint density at radius 3 is 1.63 bits per heavy atom. The third kappa shape index (κ3) is 10.6. The quantitative estimate of drug-likeness (QED) is 0.128. The summed E-state index contributed by atoms with van der Waals surface area (Å²) in [4.78, 5) is 24.6. The molecule has 0 heterocycles. The fraction of sp³-hybridized carbons (Fsp3) is 0.833. The van der Waals surface area contributed by atoms with Gasteiger partial charge in [-0.25, -0.2) is 9.59 Å². The molecule has 0 aromatic heterocycles. The van der Waals surface area contributed by atoms with Crippen LogP contribution in [0.3, 0.4) is 0 Å². The van der Waals surface area contributed by atoms with Crippen LogP contribution in [0.4, 0.5) is 0 Å². The van der Waals surface area contributed by atoms with E-state index < -0.39 is 17.5 Å². The van der Waals surface area contributed by atoms with E-state index in [9.17, 15) is 14.7 Å². The van der Waals surface area contributed by atoms with E-state index in [1.165, 1.54) is 104 Å². The lowest BCUT2D eigenvalue weighted by atomic mass is 9.64. The molecule has 0 saturated heterocycles. The van der Waals surface area contributed by atoms with Crippen molar-refractivity contribution >= 4 is 11.9 Å². The molecule has 234 valence electrons. The summed E-state index contributed by atoms with van der Waals surface area (Å²) in [5.74, 6) is 3.86. The van der Waals surface area contributed by atoms with E-state index in [2.05, 4.69) is 20.1 Å². The number of rotatable bonds is 14. The Morgan fingerprint density at radius 1 is 0.756 bits per heavy atom. The van der Waals surface area contributed by atoms with Gasteiger partial charge in [0.05, 0.1) is 24.4 Å². The summed E-state index contributed by atoms with van der Waals surface area (Å²) in [6, 6.07) is 0. The van der Waals surface area contributed by atoms with Crippen molar-refractivity contribution in [3.05, 3.63) is 24.3 Å². The predicted molar refractivity (Wildman–Crippen MR) is 166 cm³/mol. The fourth-order valence-corrected chi connectivity index (χ4v) is 7.95. The Bertz CT molecular complexity index is 846. The second-order valence-corrected chi connectivity index (χ2v) is 14.4. The highest BCUT2D eigenvalue weighted by Crippen LogP contribution is 2.47. The molecule has 5 nitrogen and oxygen atoms in total. The molecule has 1 atom stereocenters. The predicted octanol–water partition coefficient (Wildman–Crippen LogP) is 8.59. The zero-order valence-corrected chi connectivity index (χ0v) is 26.8. The number of hydrogen-bond acceptors (Lipinski definition) is 5. The molecular formula is C36H60O5. The normalized spacial score (nSPS) is 29.8. The first kappa shape index (κ1) is 33.9. The van der Waals surface area contributed by atoms with Crippen LogP contribution < -0.4 is 0 Å². The molecule has 3 saturated carbocycles. The van der Waals surface area contributed by atoms with Gasteiger partial charge in [-0.15, -0.1) is 0 Å². The van der Waals surface area contributed by atoms with Gasteiger partial charge in [-0.3, -0.25) is 0 Å². The van der Waals surface area contributed by atoms with E-state index in [0.29, 0.717) is 11.5 Å². The summed E-state index contributed by atoms with van der Waals surface area (Å²) in [5.41, 5.74) is -0.922. The Hall–Kier alpha value is -1.62. The number of esters is 2. The zero-order chi connectivity index (χ0) is 30.0. The molecule has 3 aliphatic rings. The first-order chi connectivity index (χ1) is 19.5. The van der Waals surface area contributed by atoms with Gasteiger partial charge in [0, 0.05) is 11.5 Å². The molecular weight excluding hydrogens is 512 g/mol. The van der Waals surface area contributed by atoms with Gasteiger partial charge in [0.15, 0.2) is 0 Å². The van der Waals surface area contributed by atoms with Gasteiger partial charge < -0.3 is 14.6 Å². The molecule has 41 heavy (non-hydrogen) atoms. The van der Waals surface area contributed by atoms with Gasteiger partial charge >= 0.3 is 11.9 Å². The van der Waals surface area contributed by atoms with Gasteiger partial charge in [0.2, 0.25) is 0 Å². The summed E-state index contributed by atoms with van der Waals surface area (Å²) < 4.78 is 11.1. The second kappa shape index (κ2) is 16.3. The fourth-order valence-electron chi connectivity index (χ4n) is 7.95. The monoisotopic (exact) mass is 572 g/mol. The minimum absolute atomic E-state index is 0.0366. The first-order valence-corrected chi connectivity index (χ1v) is 16.9. The lowest BCUT2D eigenvalue weighted by Gasteiger charge is -2.42. The van der Waals surface area contributed by atoms with Gasteiger partial charge in [-0.05, 0) is 120 Å². The van der Waals surface area contributed by atoms with E-state index in [0.717, 1.165) is 42.4 Å². The maximum atomic E-state index is 12.5. The lowest BCUT2D eigenvalue weighted by Crippen LogP contribution is -2.34. The van der Waals surface area contributed by atoms with Crippen LogP contribution in [0.1, 0.15) is 130 Å². The standard InChI is InChI=1S/C36H60O5/c1-7-8-9-10-27-11-13-28(14-12-27)29-15-17-30(18-16-29)31-19-21-32(22-20-31)33(23-40-34(37)25(2)3)24-41-35(38)26(4)36(5,6)39/h27-33,39H,2,4,7-24H2,1,3,5-6H3. The second-order valence-electron chi connectivity index (χ2n) is 14.4. The third-order valence-electron chi connectivity index (χ3n) is 10.9. The van der Waals surface area contributed by atoms with Gasteiger partial charge in [0.1, 0.15) is 0 Å². The smallest absolute Gasteiger partial charge is 0.336 e. The van der Waals surface area contributed by atoms with Crippen molar-refractivity contribution in [3.8, 4) is 0 Å². The van der Waals surface area contributed by atoms with Crippen LogP contribution in [0.2, 0.25) is 0 Å². The van der Waals surface area contributed by atoms with Crippen molar-refractivity contribution in [2.45, 2.75) is 136 Å². The van der Waals surface area contributed by atoms with Crippen LogP contribution in [0.25, 0.3) is 0 Å². The molecule has 1 N–H and O–H groups in total. The van der Waals surface area contributed by atoms with Crippen LogP contribution in [0.5, 0.6) is 0 Å². The number of ether oxygens (including phenoxy) is 2. The Balaban J connectivity index is 1.44. The number of carbonyl (C=O) groups excluding carboxylic acids is 2. The van der Waals surface area contributed by atoms with Crippen molar-refractivity contribution in [2.75, 3.05) is 13.2 Å². The SMILES string of the molecule is C=C(C)C(=O)OCC(COC(=O)C(=C)C(C)(C)O)C1CCC(C2CCC(C3CCC(CCCCC)CC3)CC2)CC1. The molecule has 0 radical (unpaired) electrons. The number of aliphatic hydroxyl groups is 1. The summed E-state index contributed by atoms with van der Waals surface area (Å²) in [5, 5.41) is 10.1. The van der Waals surface area contributed by atoms with E-state index in [-0.39, 0.29) is 24.7 Å². The lowest BCUT2D eigenvalue weighted by molar-refractivity contribution is -0.147. The molecule has 0 spiro atoms. The van der Waals surface area contributed by atoms with E-state index in [4.69, 9.17) is 9.47 Å². The van der Waals surface area contributed by atoms with Crippen molar-refractivity contribution in [3.63, 3.8) is 0 Å². The van der Waals surface area contributed by atoms with Crippen LogP contribution in [0.15, 0.2) is 24.3 Å². The maximum Gasteiger partial charge on any atom is 0.336 e. The van der Waals surface area contributed by atoms with E-state index in [1.54, 1.807) is 6.92 Å². The molecule has 3 aliphatic carbocycles. The van der Waals surface area contributed by atoms with E-state index in [1.807, 2.05) is 0 Å². The summed E-state index contributed by atoms with van der Waals surface area (Å²) in [6.45, 7) is 14.8. The summed E-state index contributed by atoms with van der Waals surface area (Å²) in [7, 11) is 0. The molecule has 1 unspecified atom stereocenters. The molecule has 0 aromatic rings. The highest BCUT2D eigenvalue weighted by atomic mass is 16.5. The van der Waals surface area contributed by atoms with Crippen LogP contribution in [-0.2, 0) is 19.1 Å². The molecule has 5 heteroatoms. The number of unbranched alkanes of at least 4 members (excludes halogenated alkanes) is 2. The molecule has 3 rings (SSSR count). The molecule has 0 bridgehead atoms. The van der Waals surface area contributed by atoms with E-state index >= 15 is 0 Å². The minimum Gasteiger partial charge on any atom is -0.462 e. The molecule has 3 fully saturated rings. The van der Waals surface area contributed by atoms with Crippen molar-refractivity contribution in [2.24, 2.45) is 41.4 Å². The van der Waals surface area contributed by atoms with Crippen LogP contribution in [-0.4, -0.2) is 35.9 Å². The highest BCUT2D eigenvalue weighted by molar-refractivity contribution is 5.89. The molecule has 0 amide bonds. The molecule has 0 aliphatic heterocycles. The highest BCUT2D eigenvalue weighted by Gasteiger charge is 2.37. The van der Waals surface area contributed by atoms with Crippen molar-refractivity contribution < 1.29 is 24.2 Å². The summed E-state index contributed by atoms with van der Waals surface area (Å²) in [6.07, 6.45) is 21.7. The van der Waals surface area contributed by atoms with Gasteiger partial charge in [-0.1, -0.05) is 58.6 Å². The average molecular weight is 573 g/mol. The van der Waals surface area contributed by atoms with Gasteiger partial charge in [-0.2, -0.15) is 0 Å². The van der Waals surface area contributed by atoms with Crippen LogP contribution >= 0.6 is 0 Å². The molecule has 0 aromatic carbocycles. The maximum absolute atomic E-state index is 12.5. The van der Waals surface area contributed by atoms with Crippen molar-refractivity contribution in [1.82, 2.24) is 0 Å². The third-order valence-corrected chi connectivity index (χ3v) is 10.9. The Labute approximate surface area is 250 Å². The average Bonchev–Trinajstić information content (AvgIpc) is 2.96. The van der Waals surface area contributed by atoms with Gasteiger partial charge in [0.25, 0.3) is 0 Å².